The summed E-state index contributed by atoms with van der Waals surface area (Å²) in [6.07, 6.45) is 3.08. The summed E-state index contributed by atoms with van der Waals surface area (Å²) in [7, 11) is 1.24. The molecule has 0 aliphatic carbocycles. The van der Waals surface area contributed by atoms with Crippen molar-refractivity contribution in [2.24, 2.45) is 0 Å². The number of methoxy groups -OCH3 is 1. The van der Waals surface area contributed by atoms with Gasteiger partial charge in [0.2, 0.25) is 5.95 Å². The average Bonchev–Trinajstić information content (AvgIpc) is 2.55. The second-order valence-corrected chi connectivity index (χ2v) is 4.41. The van der Waals surface area contributed by atoms with Crippen molar-refractivity contribution in [2.45, 2.75) is 12.8 Å². The third-order valence-corrected chi connectivity index (χ3v) is 2.89. The third-order valence-electron chi connectivity index (χ3n) is 2.89. The van der Waals surface area contributed by atoms with Crippen LogP contribution in [0, 0.1) is 0 Å². The lowest BCUT2D eigenvalue weighted by Crippen LogP contribution is -2.28. The molecule has 23 heavy (non-hydrogen) atoms. The zero-order valence-electron chi connectivity index (χ0n) is 12.5. The van der Waals surface area contributed by atoms with Crippen LogP contribution in [-0.2, 0) is 15.5 Å². The number of halogens is 2. The van der Waals surface area contributed by atoms with Crippen LogP contribution in [0.3, 0.4) is 0 Å². The van der Waals surface area contributed by atoms with Crippen molar-refractivity contribution in [1.82, 2.24) is 9.97 Å². The van der Waals surface area contributed by atoms with E-state index in [1.54, 1.807) is 6.07 Å². The number of alkyl halides is 2. The largest absolute Gasteiger partial charge is 0.496 e. The Hall–Kier alpha value is -2.77. The van der Waals surface area contributed by atoms with Crippen LogP contribution in [-0.4, -0.2) is 29.7 Å². The number of esters is 1. The molecule has 1 N–H and O–H groups in total. The molecule has 6 nitrogen and oxygen atoms in total. The van der Waals surface area contributed by atoms with Gasteiger partial charge in [0.1, 0.15) is 5.75 Å². The van der Waals surface area contributed by atoms with Gasteiger partial charge in [0.25, 0.3) is 0 Å². The van der Waals surface area contributed by atoms with Gasteiger partial charge in [0.15, 0.2) is 0 Å². The molecule has 8 heteroatoms. The number of hydrogen-bond acceptors (Lipinski definition) is 6. The fraction of sp³-hybridized carbons (Fsp3) is 0.267. The summed E-state index contributed by atoms with van der Waals surface area (Å²) in [5, 5.41) is 2.85. The van der Waals surface area contributed by atoms with Crippen LogP contribution in [0.1, 0.15) is 12.5 Å². The van der Waals surface area contributed by atoms with Crippen molar-refractivity contribution in [3.63, 3.8) is 0 Å². The number of rotatable bonds is 6. The van der Waals surface area contributed by atoms with Crippen molar-refractivity contribution in [2.75, 3.05) is 19.0 Å². The molecular formula is C15H15F2N3O3. The number of hydrogen-bond donors (Lipinski definition) is 1. The predicted molar refractivity (Wildman–Crippen MR) is 78.8 cm³/mol. The Morgan fingerprint density at radius 2 is 2.00 bits per heavy atom. The first-order chi connectivity index (χ1) is 11.0. The molecule has 0 radical (unpaired) electrons. The highest BCUT2D eigenvalue weighted by atomic mass is 19.3. The summed E-state index contributed by atoms with van der Waals surface area (Å²) < 4.78 is 37.7. The Labute approximate surface area is 131 Å². The van der Waals surface area contributed by atoms with E-state index in [0.29, 0.717) is 11.6 Å². The number of ether oxygens (including phenoxy) is 2. The molecule has 2 rings (SSSR count). The van der Waals surface area contributed by atoms with Crippen LogP contribution in [0.4, 0.5) is 20.4 Å². The molecule has 0 unspecified atom stereocenters. The number of nitrogens with zero attached hydrogens (tertiary/aromatic N) is 2. The van der Waals surface area contributed by atoms with E-state index < -0.39 is 17.5 Å². The van der Waals surface area contributed by atoms with Crippen LogP contribution < -0.4 is 10.1 Å². The number of benzene rings is 1. The van der Waals surface area contributed by atoms with Gasteiger partial charge in [-0.3, -0.25) is 0 Å². The van der Waals surface area contributed by atoms with Crippen molar-refractivity contribution in [3.8, 4) is 5.75 Å². The lowest BCUT2D eigenvalue weighted by atomic mass is 10.1. The molecule has 2 aromatic rings. The highest BCUT2D eigenvalue weighted by Crippen LogP contribution is 2.37. The van der Waals surface area contributed by atoms with Gasteiger partial charge in [-0.05, 0) is 25.1 Å². The normalized spacial score (nSPS) is 11.0. The molecule has 1 heterocycles. The molecule has 122 valence electrons. The summed E-state index contributed by atoms with van der Waals surface area (Å²) in [5.41, 5.74) is -0.130. The van der Waals surface area contributed by atoms with E-state index in [1.165, 1.54) is 38.6 Å². The summed E-state index contributed by atoms with van der Waals surface area (Å²) in [4.78, 5) is 19.4. The average molecular weight is 323 g/mol. The van der Waals surface area contributed by atoms with Crippen molar-refractivity contribution < 1.29 is 23.0 Å². The number of aromatic nitrogens is 2. The Kier molecular flexibility index (Phi) is 5.05. The minimum Gasteiger partial charge on any atom is -0.496 e. The zero-order chi connectivity index (χ0) is 16.9. The lowest BCUT2D eigenvalue weighted by molar-refractivity contribution is -0.173. The van der Waals surface area contributed by atoms with Crippen molar-refractivity contribution in [3.05, 3.63) is 42.2 Å². The fourth-order valence-electron chi connectivity index (χ4n) is 1.85. The van der Waals surface area contributed by atoms with Crippen LogP contribution in [0.5, 0.6) is 5.75 Å². The zero-order valence-corrected chi connectivity index (χ0v) is 12.5. The van der Waals surface area contributed by atoms with Crippen LogP contribution >= 0.6 is 0 Å². The topological polar surface area (TPSA) is 73.3 Å². The highest BCUT2D eigenvalue weighted by molar-refractivity contribution is 5.81. The van der Waals surface area contributed by atoms with E-state index in [0.717, 1.165) is 6.07 Å². The van der Waals surface area contributed by atoms with Crippen LogP contribution in [0.15, 0.2) is 36.7 Å². The van der Waals surface area contributed by atoms with Gasteiger partial charge in [0.05, 0.1) is 19.3 Å². The van der Waals surface area contributed by atoms with Gasteiger partial charge in [-0.1, -0.05) is 0 Å². The third kappa shape index (κ3) is 3.71. The Balaban J connectivity index is 2.31. The molecule has 0 aliphatic rings. The van der Waals surface area contributed by atoms with E-state index in [2.05, 4.69) is 20.0 Å². The minimum absolute atomic E-state index is 0.137. The monoisotopic (exact) mass is 323 g/mol. The van der Waals surface area contributed by atoms with E-state index in [1.807, 2.05) is 0 Å². The van der Waals surface area contributed by atoms with E-state index in [9.17, 15) is 13.6 Å². The minimum atomic E-state index is -3.80. The first-order valence-electron chi connectivity index (χ1n) is 6.76. The molecule has 0 amide bonds. The van der Waals surface area contributed by atoms with E-state index >= 15 is 0 Å². The first kappa shape index (κ1) is 16.6. The SMILES string of the molecule is CCOC(=O)C(F)(F)c1ccc(Nc2ncccn2)cc1OC. The van der Waals surface area contributed by atoms with Gasteiger partial charge in [-0.25, -0.2) is 14.8 Å². The molecular weight excluding hydrogens is 308 g/mol. The van der Waals surface area contributed by atoms with Gasteiger partial charge >= 0.3 is 11.9 Å². The Morgan fingerprint density at radius 3 is 2.61 bits per heavy atom. The van der Waals surface area contributed by atoms with E-state index in [4.69, 9.17) is 4.74 Å². The second-order valence-electron chi connectivity index (χ2n) is 4.41. The summed E-state index contributed by atoms with van der Waals surface area (Å²) in [5.74, 6) is -5.27. The molecule has 0 aliphatic heterocycles. The van der Waals surface area contributed by atoms with Gasteiger partial charge in [-0.15, -0.1) is 0 Å². The fourth-order valence-corrected chi connectivity index (χ4v) is 1.85. The molecule has 0 bridgehead atoms. The maximum Gasteiger partial charge on any atom is 0.382 e. The first-order valence-corrected chi connectivity index (χ1v) is 6.76. The van der Waals surface area contributed by atoms with Gasteiger partial charge in [-0.2, -0.15) is 8.78 Å². The summed E-state index contributed by atoms with van der Waals surface area (Å²) in [6, 6.07) is 5.45. The predicted octanol–water partition coefficient (Wildman–Crippen LogP) is 2.88. The molecule has 1 aromatic heterocycles. The van der Waals surface area contributed by atoms with Gasteiger partial charge < -0.3 is 14.8 Å². The second kappa shape index (κ2) is 6.99. The quantitative estimate of drug-likeness (QED) is 0.824. The summed E-state index contributed by atoms with van der Waals surface area (Å²) in [6.45, 7) is 1.32. The molecule has 0 atom stereocenters. The molecule has 0 saturated carbocycles. The van der Waals surface area contributed by atoms with Gasteiger partial charge in [0, 0.05) is 24.1 Å². The maximum absolute atomic E-state index is 14.1. The standard InChI is InChI=1S/C15H15F2N3O3/c1-3-23-13(21)15(16,17)11-6-5-10(9-12(11)22-2)20-14-18-7-4-8-19-14/h4-9H,3H2,1-2H3,(H,18,19,20). The smallest absolute Gasteiger partial charge is 0.382 e. The van der Waals surface area contributed by atoms with Crippen molar-refractivity contribution >= 4 is 17.6 Å². The lowest BCUT2D eigenvalue weighted by Gasteiger charge is -2.18. The van der Waals surface area contributed by atoms with Crippen LogP contribution in [0.2, 0.25) is 0 Å². The summed E-state index contributed by atoms with van der Waals surface area (Å²) >= 11 is 0. The number of nitrogens with one attached hydrogen (secondary N) is 1. The Bertz CT molecular complexity index is 681. The maximum atomic E-state index is 14.1. The van der Waals surface area contributed by atoms with E-state index in [-0.39, 0.29) is 12.4 Å². The molecule has 1 aromatic carbocycles. The molecule has 0 fully saturated rings. The Morgan fingerprint density at radius 1 is 1.30 bits per heavy atom. The highest BCUT2D eigenvalue weighted by Gasteiger charge is 2.45. The van der Waals surface area contributed by atoms with Crippen LogP contribution in [0.25, 0.3) is 0 Å². The molecule has 0 spiro atoms. The number of carbonyl (C=O) groups excluding carboxylic acids is 1. The van der Waals surface area contributed by atoms with Crippen molar-refractivity contribution in [1.29, 1.82) is 0 Å². The number of carbonyl (C=O) groups is 1. The number of anilines is 2. The molecule has 0 saturated heterocycles.